The van der Waals surface area contributed by atoms with E-state index >= 15 is 0 Å². The fourth-order valence-corrected chi connectivity index (χ4v) is 4.16. The fraction of sp³-hybridized carbons (Fsp3) is 0.882. The van der Waals surface area contributed by atoms with Gasteiger partial charge in [-0.25, -0.2) is 0 Å². The number of aliphatic hydroxyl groups is 1. The average molecular weight is 299 g/mol. The minimum absolute atomic E-state index is 0.00538. The van der Waals surface area contributed by atoms with Crippen molar-refractivity contribution in [2.45, 2.75) is 89.6 Å². The van der Waals surface area contributed by atoms with E-state index in [0.29, 0.717) is 12.3 Å². The monoisotopic (exact) mass is 298 g/mol. The molecule has 0 aliphatic heterocycles. The van der Waals surface area contributed by atoms with Crippen LogP contribution in [0.25, 0.3) is 0 Å². The molecule has 0 aromatic heterocycles. The van der Waals surface area contributed by atoms with Crippen LogP contribution in [0.3, 0.4) is 0 Å². The van der Waals surface area contributed by atoms with E-state index < -0.39 is 14.4 Å². The van der Waals surface area contributed by atoms with Gasteiger partial charge >= 0.3 is 0 Å². The van der Waals surface area contributed by atoms with Crippen LogP contribution in [0, 0.1) is 5.92 Å². The summed E-state index contributed by atoms with van der Waals surface area (Å²) in [5.41, 5.74) is 0. The van der Waals surface area contributed by atoms with E-state index in [-0.39, 0.29) is 11.1 Å². The third-order valence-corrected chi connectivity index (χ3v) is 9.61. The topological polar surface area (TPSA) is 29.5 Å². The minimum Gasteiger partial charge on any atom is -0.411 e. The molecule has 1 aliphatic carbocycles. The molecule has 1 fully saturated rings. The van der Waals surface area contributed by atoms with Crippen LogP contribution in [0.15, 0.2) is 12.7 Å². The highest BCUT2D eigenvalue weighted by Gasteiger charge is 2.42. The first kappa shape index (κ1) is 17.9. The van der Waals surface area contributed by atoms with Gasteiger partial charge in [0.1, 0.15) is 0 Å². The van der Waals surface area contributed by atoms with Crippen molar-refractivity contribution in [2.24, 2.45) is 5.92 Å². The maximum absolute atomic E-state index is 10.5. The van der Waals surface area contributed by atoms with Crippen molar-refractivity contribution in [1.29, 1.82) is 0 Å². The van der Waals surface area contributed by atoms with Gasteiger partial charge in [-0.1, -0.05) is 46.1 Å². The zero-order chi connectivity index (χ0) is 15.4. The lowest BCUT2D eigenvalue weighted by molar-refractivity contribution is -0.0166. The summed E-state index contributed by atoms with van der Waals surface area (Å²) in [4.78, 5) is 0. The molecule has 0 aromatic carbocycles. The van der Waals surface area contributed by atoms with Crippen LogP contribution in [0.2, 0.25) is 18.1 Å². The van der Waals surface area contributed by atoms with Crippen LogP contribution < -0.4 is 0 Å². The molecule has 1 N–H and O–H groups in total. The fourth-order valence-electron chi connectivity index (χ4n) is 2.77. The molecule has 1 rings (SSSR count). The van der Waals surface area contributed by atoms with Gasteiger partial charge in [-0.15, -0.1) is 6.58 Å². The summed E-state index contributed by atoms with van der Waals surface area (Å²) in [6, 6.07) is 0. The summed E-state index contributed by atoms with van der Waals surface area (Å²) in [5.74, 6) is 0.521. The first-order chi connectivity index (χ1) is 9.19. The molecule has 1 aliphatic rings. The van der Waals surface area contributed by atoms with Crippen molar-refractivity contribution in [3.8, 4) is 0 Å². The Kier molecular flexibility index (Phi) is 6.48. The molecular formula is C17H34O2Si. The third kappa shape index (κ3) is 4.71. The number of hydrogen-bond acceptors (Lipinski definition) is 2. The summed E-state index contributed by atoms with van der Waals surface area (Å²) < 4.78 is 6.60. The van der Waals surface area contributed by atoms with Crippen LogP contribution in [0.4, 0.5) is 0 Å². The maximum atomic E-state index is 10.5. The summed E-state index contributed by atoms with van der Waals surface area (Å²) in [5, 5.41) is 10.7. The maximum Gasteiger partial charge on any atom is 0.192 e. The molecule has 0 spiro atoms. The van der Waals surface area contributed by atoms with E-state index in [1.807, 2.05) is 6.08 Å². The molecule has 2 atom stereocenters. The normalized spacial score (nSPS) is 21.5. The number of rotatable bonds is 6. The Bertz CT molecular complexity index is 301. The summed E-state index contributed by atoms with van der Waals surface area (Å²) in [6.45, 7) is 15.1. The predicted molar refractivity (Wildman–Crippen MR) is 89.5 cm³/mol. The van der Waals surface area contributed by atoms with Crippen molar-refractivity contribution in [2.75, 3.05) is 0 Å². The zero-order valence-corrected chi connectivity index (χ0v) is 15.1. The van der Waals surface area contributed by atoms with Gasteiger partial charge < -0.3 is 9.53 Å². The van der Waals surface area contributed by atoms with Gasteiger partial charge in [0.05, 0.1) is 12.2 Å². The van der Waals surface area contributed by atoms with Crippen molar-refractivity contribution in [1.82, 2.24) is 0 Å². The quantitative estimate of drug-likeness (QED) is 0.558. The second kappa shape index (κ2) is 7.23. The molecule has 2 nitrogen and oxygen atoms in total. The van der Waals surface area contributed by atoms with Crippen molar-refractivity contribution in [3.05, 3.63) is 12.7 Å². The lowest BCUT2D eigenvalue weighted by Gasteiger charge is -2.43. The van der Waals surface area contributed by atoms with Crippen LogP contribution in [-0.2, 0) is 4.43 Å². The average Bonchev–Trinajstić information content (AvgIpc) is 2.36. The van der Waals surface area contributed by atoms with Gasteiger partial charge in [-0.2, -0.15) is 0 Å². The second-order valence-electron chi connectivity index (χ2n) is 7.83. The smallest absolute Gasteiger partial charge is 0.192 e. The van der Waals surface area contributed by atoms with Gasteiger partial charge in [0.15, 0.2) is 8.32 Å². The van der Waals surface area contributed by atoms with E-state index in [1.165, 1.54) is 32.1 Å². The molecule has 1 saturated carbocycles. The van der Waals surface area contributed by atoms with Crippen LogP contribution in [0.5, 0.6) is 0 Å². The van der Waals surface area contributed by atoms with Crippen molar-refractivity contribution >= 4 is 8.32 Å². The zero-order valence-electron chi connectivity index (χ0n) is 14.1. The highest BCUT2D eigenvalue weighted by atomic mass is 28.4. The van der Waals surface area contributed by atoms with Gasteiger partial charge in [0.2, 0.25) is 0 Å². The van der Waals surface area contributed by atoms with E-state index in [1.54, 1.807) is 0 Å². The molecule has 0 bridgehead atoms. The number of hydrogen-bond donors (Lipinski definition) is 1. The first-order valence-corrected chi connectivity index (χ1v) is 11.1. The van der Waals surface area contributed by atoms with Crippen molar-refractivity contribution < 1.29 is 9.53 Å². The second-order valence-corrected chi connectivity index (χ2v) is 12.6. The van der Waals surface area contributed by atoms with E-state index in [4.69, 9.17) is 4.43 Å². The molecule has 118 valence electrons. The molecule has 3 heteroatoms. The van der Waals surface area contributed by atoms with Gasteiger partial charge in [-0.05, 0) is 43.3 Å². The van der Waals surface area contributed by atoms with E-state index in [9.17, 15) is 5.11 Å². The Labute approximate surface area is 126 Å². The van der Waals surface area contributed by atoms with Crippen LogP contribution >= 0.6 is 0 Å². The Balaban J connectivity index is 2.84. The van der Waals surface area contributed by atoms with Crippen LogP contribution in [-0.4, -0.2) is 25.6 Å². The predicted octanol–water partition coefficient (Wildman–Crippen LogP) is 4.89. The summed E-state index contributed by atoms with van der Waals surface area (Å²) >= 11 is 0. The summed E-state index contributed by atoms with van der Waals surface area (Å²) in [7, 11) is -1.84. The molecule has 0 saturated heterocycles. The minimum atomic E-state index is -1.84. The largest absolute Gasteiger partial charge is 0.411 e. The Morgan fingerprint density at radius 1 is 1.25 bits per heavy atom. The molecule has 0 unspecified atom stereocenters. The Hall–Kier alpha value is -0.123. The molecule has 0 heterocycles. The summed E-state index contributed by atoms with van der Waals surface area (Å²) in [6.07, 6.45) is 8.35. The molecule has 0 radical (unpaired) electrons. The lowest BCUT2D eigenvalue weighted by Crippen LogP contribution is -2.49. The highest BCUT2D eigenvalue weighted by Crippen LogP contribution is 2.40. The van der Waals surface area contributed by atoms with Gasteiger partial charge in [0.25, 0.3) is 0 Å². The van der Waals surface area contributed by atoms with E-state index in [0.717, 1.165) is 0 Å². The highest BCUT2D eigenvalue weighted by molar-refractivity contribution is 6.74. The van der Waals surface area contributed by atoms with Crippen molar-refractivity contribution in [3.63, 3.8) is 0 Å². The molecule has 0 amide bonds. The third-order valence-electron chi connectivity index (χ3n) is 5.14. The Morgan fingerprint density at radius 3 is 2.25 bits per heavy atom. The SMILES string of the molecule is C=CC[C@H](O)[C@@H](O[Si](C)(C)C(C)(C)C)C1CCCCC1. The molecule has 0 aromatic rings. The standard InChI is InChI=1S/C17H34O2Si/c1-7-11-15(18)16(14-12-9-8-10-13-14)19-20(5,6)17(2,3)4/h7,14-16,18H,1,8-13H2,2-6H3/t15-,16-/m0/s1. The molecule has 20 heavy (non-hydrogen) atoms. The first-order valence-electron chi connectivity index (χ1n) is 8.16. The number of aliphatic hydroxyl groups excluding tert-OH is 1. The van der Waals surface area contributed by atoms with Gasteiger partial charge in [-0.3, -0.25) is 0 Å². The molecular weight excluding hydrogens is 264 g/mol. The van der Waals surface area contributed by atoms with Gasteiger partial charge in [0, 0.05) is 0 Å². The lowest BCUT2D eigenvalue weighted by atomic mass is 9.83. The Morgan fingerprint density at radius 2 is 1.80 bits per heavy atom. The van der Waals surface area contributed by atoms with E-state index in [2.05, 4.69) is 40.4 Å². The van der Waals surface area contributed by atoms with Crippen LogP contribution in [0.1, 0.15) is 59.3 Å².